The molecule has 0 radical (unpaired) electrons. The topological polar surface area (TPSA) is 64.7 Å². The number of rotatable bonds is 4. The third kappa shape index (κ3) is 4.83. The molecular weight excluding hydrogens is 292 g/mol. The predicted molar refractivity (Wildman–Crippen MR) is 91.2 cm³/mol. The van der Waals surface area contributed by atoms with Gasteiger partial charge in [0, 0.05) is 38.8 Å². The summed E-state index contributed by atoms with van der Waals surface area (Å²) in [4.78, 5) is 28.4. The zero-order chi connectivity index (χ0) is 16.8. The van der Waals surface area contributed by atoms with Gasteiger partial charge in [0.25, 0.3) is 0 Å². The molecule has 6 heteroatoms. The lowest BCUT2D eigenvalue weighted by molar-refractivity contribution is -0.127. The van der Waals surface area contributed by atoms with E-state index in [9.17, 15) is 9.59 Å². The molecule has 0 unspecified atom stereocenters. The van der Waals surface area contributed by atoms with Crippen molar-refractivity contribution in [1.82, 2.24) is 20.4 Å². The Morgan fingerprint density at radius 3 is 2.39 bits per heavy atom. The van der Waals surface area contributed by atoms with Gasteiger partial charge in [0.1, 0.15) is 0 Å². The Morgan fingerprint density at radius 2 is 1.78 bits per heavy atom. The monoisotopic (exact) mass is 324 g/mol. The molecule has 1 saturated carbocycles. The molecule has 132 valence electrons. The van der Waals surface area contributed by atoms with Gasteiger partial charge in [-0.1, -0.05) is 19.8 Å². The number of nitrogens with zero attached hydrogens (tertiary/aromatic N) is 2. The molecule has 23 heavy (non-hydrogen) atoms. The van der Waals surface area contributed by atoms with E-state index in [1.807, 2.05) is 18.7 Å². The number of nitrogens with one attached hydrogen (secondary N) is 2. The minimum atomic E-state index is -0.125. The van der Waals surface area contributed by atoms with Crippen LogP contribution in [0.15, 0.2) is 0 Å². The Morgan fingerprint density at radius 1 is 1.13 bits per heavy atom. The summed E-state index contributed by atoms with van der Waals surface area (Å²) in [6, 6.07) is 0.205. The number of urea groups is 1. The fourth-order valence-electron chi connectivity index (χ4n) is 3.58. The van der Waals surface area contributed by atoms with Crippen LogP contribution in [-0.4, -0.2) is 66.5 Å². The number of carbonyl (C=O) groups is 2. The summed E-state index contributed by atoms with van der Waals surface area (Å²) in [5, 5.41) is 6.08. The normalized spacial score (nSPS) is 27.3. The molecule has 0 aromatic heterocycles. The number of carbonyl (C=O) groups excluding carboxylic acids is 2. The maximum absolute atomic E-state index is 12.5. The molecule has 2 N–H and O–H groups in total. The van der Waals surface area contributed by atoms with E-state index in [1.54, 1.807) is 0 Å². The first kappa shape index (κ1) is 18.0. The second-order valence-electron chi connectivity index (χ2n) is 6.91. The highest BCUT2D eigenvalue weighted by Gasteiger charge is 2.30. The minimum absolute atomic E-state index is 0.000264. The fraction of sp³-hybridized carbons (Fsp3) is 0.882. The quantitative estimate of drug-likeness (QED) is 0.822. The maximum Gasteiger partial charge on any atom is 0.317 e. The van der Waals surface area contributed by atoms with Crippen molar-refractivity contribution in [3.05, 3.63) is 0 Å². The zero-order valence-electron chi connectivity index (χ0n) is 14.8. The van der Waals surface area contributed by atoms with Crippen LogP contribution in [0.3, 0.4) is 0 Å². The van der Waals surface area contributed by atoms with E-state index in [0.717, 1.165) is 19.5 Å². The predicted octanol–water partition coefficient (Wildman–Crippen LogP) is 1.42. The first-order chi connectivity index (χ1) is 11.0. The first-order valence-electron chi connectivity index (χ1n) is 9.10. The molecule has 0 aromatic rings. The third-order valence-corrected chi connectivity index (χ3v) is 5.30. The average Bonchev–Trinajstić information content (AvgIpc) is 2.56. The van der Waals surface area contributed by atoms with Crippen LogP contribution in [-0.2, 0) is 4.79 Å². The Balaban J connectivity index is 1.78. The van der Waals surface area contributed by atoms with Crippen LogP contribution < -0.4 is 10.6 Å². The molecular formula is C17H32N4O2. The molecule has 2 fully saturated rings. The van der Waals surface area contributed by atoms with Gasteiger partial charge in [-0.05, 0) is 32.6 Å². The lowest BCUT2D eigenvalue weighted by Crippen LogP contribution is -2.57. The van der Waals surface area contributed by atoms with Gasteiger partial charge in [-0.3, -0.25) is 9.69 Å². The van der Waals surface area contributed by atoms with E-state index in [-0.39, 0.29) is 18.0 Å². The molecule has 0 aromatic carbocycles. The van der Waals surface area contributed by atoms with Crippen molar-refractivity contribution in [3.63, 3.8) is 0 Å². The van der Waals surface area contributed by atoms with Gasteiger partial charge < -0.3 is 15.5 Å². The van der Waals surface area contributed by atoms with E-state index in [1.165, 1.54) is 19.3 Å². The van der Waals surface area contributed by atoms with Crippen LogP contribution in [0.5, 0.6) is 0 Å². The van der Waals surface area contributed by atoms with Crippen molar-refractivity contribution in [2.45, 2.75) is 58.5 Å². The summed E-state index contributed by atoms with van der Waals surface area (Å²) in [6.07, 6.45) is 4.81. The fourth-order valence-corrected chi connectivity index (χ4v) is 3.58. The summed E-state index contributed by atoms with van der Waals surface area (Å²) < 4.78 is 0. The maximum atomic E-state index is 12.5. The molecule has 3 amide bonds. The Bertz CT molecular complexity index is 407. The molecule has 1 heterocycles. The highest BCUT2D eigenvalue weighted by Crippen LogP contribution is 2.24. The highest BCUT2D eigenvalue weighted by atomic mass is 16.2. The average molecular weight is 324 g/mol. The third-order valence-electron chi connectivity index (χ3n) is 5.30. The second-order valence-corrected chi connectivity index (χ2v) is 6.91. The van der Waals surface area contributed by atoms with Crippen molar-refractivity contribution in [3.8, 4) is 0 Å². The lowest BCUT2D eigenvalue weighted by atomic mass is 9.86. The van der Waals surface area contributed by atoms with Gasteiger partial charge in [-0.15, -0.1) is 0 Å². The summed E-state index contributed by atoms with van der Waals surface area (Å²) in [7, 11) is 0. The molecule has 3 atom stereocenters. The van der Waals surface area contributed by atoms with E-state index in [0.29, 0.717) is 31.6 Å². The van der Waals surface area contributed by atoms with Gasteiger partial charge in [0.15, 0.2) is 0 Å². The summed E-state index contributed by atoms with van der Waals surface area (Å²) in [5.74, 6) is 0.713. The van der Waals surface area contributed by atoms with Gasteiger partial charge in [0.05, 0.1) is 6.04 Å². The number of hydrogen-bond acceptors (Lipinski definition) is 3. The van der Waals surface area contributed by atoms with E-state index in [4.69, 9.17) is 0 Å². The largest absolute Gasteiger partial charge is 0.352 e. The minimum Gasteiger partial charge on any atom is -0.352 e. The van der Waals surface area contributed by atoms with Gasteiger partial charge in [0.2, 0.25) is 5.91 Å². The lowest BCUT2D eigenvalue weighted by Gasteiger charge is -2.38. The summed E-state index contributed by atoms with van der Waals surface area (Å²) >= 11 is 0. The number of hydrogen-bond donors (Lipinski definition) is 2. The van der Waals surface area contributed by atoms with Crippen LogP contribution in [0.4, 0.5) is 4.79 Å². The Hall–Kier alpha value is -1.30. The molecule has 1 saturated heterocycles. The smallest absolute Gasteiger partial charge is 0.317 e. The van der Waals surface area contributed by atoms with Crippen molar-refractivity contribution in [2.75, 3.05) is 32.7 Å². The summed E-state index contributed by atoms with van der Waals surface area (Å²) in [5.41, 5.74) is 0. The van der Waals surface area contributed by atoms with Gasteiger partial charge in [-0.25, -0.2) is 4.79 Å². The van der Waals surface area contributed by atoms with Crippen molar-refractivity contribution in [1.29, 1.82) is 0 Å². The standard InChI is InChI=1S/C17H32N4O2/c1-4-18-17(23)21-11-9-20(10-12-21)14(3)16(22)19-15-8-6-5-7-13(15)2/h13-15H,4-12H2,1-3H3,(H,18,23)(H,19,22)/t13-,14-,15+/m1/s1. The second kappa shape index (κ2) is 8.52. The molecule has 0 spiro atoms. The SMILES string of the molecule is CCNC(=O)N1CCN([C@H](C)C(=O)N[C@H]2CCCC[C@H]2C)CC1. The summed E-state index contributed by atoms with van der Waals surface area (Å²) in [6.45, 7) is 9.67. The molecule has 1 aliphatic heterocycles. The van der Waals surface area contributed by atoms with Crippen molar-refractivity contribution >= 4 is 11.9 Å². The highest BCUT2D eigenvalue weighted by molar-refractivity contribution is 5.81. The van der Waals surface area contributed by atoms with E-state index in [2.05, 4.69) is 22.5 Å². The van der Waals surface area contributed by atoms with Gasteiger partial charge in [-0.2, -0.15) is 0 Å². The van der Waals surface area contributed by atoms with Crippen LogP contribution >= 0.6 is 0 Å². The Kier molecular flexibility index (Phi) is 6.69. The Labute approximate surface area is 140 Å². The number of piperazine rings is 1. The first-order valence-corrected chi connectivity index (χ1v) is 9.10. The zero-order valence-corrected chi connectivity index (χ0v) is 14.8. The van der Waals surface area contributed by atoms with E-state index >= 15 is 0 Å². The molecule has 0 bridgehead atoms. The van der Waals surface area contributed by atoms with Crippen molar-refractivity contribution < 1.29 is 9.59 Å². The van der Waals surface area contributed by atoms with Crippen molar-refractivity contribution in [2.24, 2.45) is 5.92 Å². The number of amides is 3. The van der Waals surface area contributed by atoms with Crippen LogP contribution in [0, 0.1) is 5.92 Å². The molecule has 2 rings (SSSR count). The van der Waals surface area contributed by atoms with Crippen LogP contribution in [0.25, 0.3) is 0 Å². The molecule has 1 aliphatic carbocycles. The molecule has 2 aliphatic rings. The van der Waals surface area contributed by atoms with Crippen LogP contribution in [0.1, 0.15) is 46.5 Å². The van der Waals surface area contributed by atoms with E-state index < -0.39 is 0 Å². The van der Waals surface area contributed by atoms with Crippen LogP contribution in [0.2, 0.25) is 0 Å². The van der Waals surface area contributed by atoms with Gasteiger partial charge >= 0.3 is 6.03 Å². The molecule has 6 nitrogen and oxygen atoms in total.